The van der Waals surface area contributed by atoms with Gasteiger partial charge in [0.25, 0.3) is 5.91 Å². The summed E-state index contributed by atoms with van der Waals surface area (Å²) in [7, 11) is 1.69. The van der Waals surface area contributed by atoms with Gasteiger partial charge in [-0.1, -0.05) is 0 Å². The molecule has 1 aliphatic carbocycles. The van der Waals surface area contributed by atoms with Crippen molar-refractivity contribution in [2.24, 2.45) is 5.84 Å². The number of nitrogens with one attached hydrogen (secondary N) is 2. The third-order valence-electron chi connectivity index (χ3n) is 2.94. The molecule has 0 unspecified atom stereocenters. The van der Waals surface area contributed by atoms with Crippen LogP contribution in [0.5, 0.6) is 0 Å². The lowest BCUT2D eigenvalue weighted by Gasteiger charge is -2.34. The van der Waals surface area contributed by atoms with Crippen LogP contribution in [-0.4, -0.2) is 30.1 Å². The average Bonchev–Trinajstić information content (AvgIpc) is 2.33. The summed E-state index contributed by atoms with van der Waals surface area (Å²) in [6, 6.07) is 3.55. The molecule has 1 aromatic heterocycles. The fraction of sp³-hybridized carbons (Fsp3) is 0.455. The maximum absolute atomic E-state index is 11.8. The summed E-state index contributed by atoms with van der Waals surface area (Å²) in [5.74, 6) is 5.61. The van der Waals surface area contributed by atoms with Gasteiger partial charge in [-0.2, -0.15) is 0 Å². The number of hydrazine groups is 1. The molecule has 0 aromatic carbocycles. The Labute approximate surface area is 99.5 Å². The molecule has 17 heavy (non-hydrogen) atoms. The third kappa shape index (κ3) is 2.72. The van der Waals surface area contributed by atoms with E-state index in [-0.39, 0.29) is 18.1 Å². The van der Waals surface area contributed by atoms with E-state index >= 15 is 0 Å². The van der Waals surface area contributed by atoms with Crippen LogP contribution in [0, 0.1) is 0 Å². The van der Waals surface area contributed by atoms with Crippen molar-refractivity contribution in [2.75, 3.05) is 12.5 Å². The maximum atomic E-state index is 11.8. The molecule has 1 saturated carbocycles. The molecule has 1 fully saturated rings. The van der Waals surface area contributed by atoms with Crippen molar-refractivity contribution in [2.45, 2.75) is 25.0 Å². The predicted molar refractivity (Wildman–Crippen MR) is 63.3 cm³/mol. The van der Waals surface area contributed by atoms with E-state index in [0.29, 0.717) is 11.4 Å². The molecule has 0 radical (unpaired) electrons. The lowest BCUT2D eigenvalue weighted by Crippen LogP contribution is -2.47. The minimum Gasteiger partial charge on any atom is -0.381 e. The van der Waals surface area contributed by atoms with Crippen LogP contribution < -0.4 is 16.6 Å². The number of nitrogen functional groups attached to an aromatic ring is 1. The summed E-state index contributed by atoms with van der Waals surface area (Å²) < 4.78 is 5.15. The first kappa shape index (κ1) is 11.8. The number of aromatic nitrogens is 1. The fourth-order valence-electron chi connectivity index (χ4n) is 1.76. The smallest absolute Gasteiger partial charge is 0.253 e. The van der Waals surface area contributed by atoms with Gasteiger partial charge in [0.05, 0.1) is 11.7 Å². The topological polar surface area (TPSA) is 89.3 Å². The first-order valence-electron chi connectivity index (χ1n) is 5.49. The average molecular weight is 236 g/mol. The summed E-state index contributed by atoms with van der Waals surface area (Å²) in [6.45, 7) is 0. The van der Waals surface area contributed by atoms with E-state index in [1.807, 2.05) is 0 Å². The molecule has 1 amide bonds. The molecule has 1 heterocycles. The molecule has 6 nitrogen and oxygen atoms in total. The molecule has 4 N–H and O–H groups in total. The Hall–Kier alpha value is -1.66. The molecule has 0 spiro atoms. The normalized spacial score (nSPS) is 22.7. The number of methoxy groups -OCH3 is 1. The lowest BCUT2D eigenvalue weighted by atomic mass is 9.89. The number of hydrogen-bond donors (Lipinski definition) is 3. The second kappa shape index (κ2) is 5.11. The number of carbonyl (C=O) groups is 1. The van der Waals surface area contributed by atoms with Gasteiger partial charge in [0.1, 0.15) is 5.82 Å². The molecular formula is C11H16N4O2. The quantitative estimate of drug-likeness (QED) is 0.516. The molecular weight excluding hydrogens is 220 g/mol. The van der Waals surface area contributed by atoms with Crippen LogP contribution in [0.2, 0.25) is 0 Å². The maximum Gasteiger partial charge on any atom is 0.253 e. The van der Waals surface area contributed by atoms with E-state index in [2.05, 4.69) is 15.7 Å². The standard InChI is InChI=1S/C11H16N4O2/c1-17-9-4-8(5-9)14-11(16)7-2-3-10(15-12)13-6-7/h2-3,6,8-9H,4-5,12H2,1H3,(H,13,15)(H,14,16). The predicted octanol–water partition coefficient (Wildman–Crippen LogP) is 0.274. The number of ether oxygens (including phenoxy) is 1. The molecule has 0 aliphatic heterocycles. The summed E-state index contributed by atoms with van der Waals surface area (Å²) in [6.07, 6.45) is 3.52. The van der Waals surface area contributed by atoms with Crippen molar-refractivity contribution >= 4 is 11.7 Å². The molecule has 92 valence electrons. The molecule has 0 bridgehead atoms. The molecule has 0 saturated heterocycles. The zero-order valence-corrected chi connectivity index (χ0v) is 9.64. The zero-order valence-electron chi connectivity index (χ0n) is 9.64. The first-order valence-corrected chi connectivity index (χ1v) is 5.49. The summed E-state index contributed by atoms with van der Waals surface area (Å²) in [5.41, 5.74) is 2.94. The second-order valence-corrected chi connectivity index (χ2v) is 4.08. The van der Waals surface area contributed by atoms with Crippen LogP contribution in [0.25, 0.3) is 0 Å². The first-order chi connectivity index (χ1) is 8.22. The Morgan fingerprint density at radius 1 is 1.53 bits per heavy atom. The van der Waals surface area contributed by atoms with Gasteiger partial charge in [-0.05, 0) is 25.0 Å². The second-order valence-electron chi connectivity index (χ2n) is 4.08. The minimum atomic E-state index is -0.111. The number of carbonyl (C=O) groups excluding carboxylic acids is 1. The highest BCUT2D eigenvalue weighted by atomic mass is 16.5. The largest absolute Gasteiger partial charge is 0.381 e. The highest BCUT2D eigenvalue weighted by molar-refractivity contribution is 5.94. The van der Waals surface area contributed by atoms with E-state index in [4.69, 9.17) is 10.6 Å². The summed E-state index contributed by atoms with van der Waals surface area (Å²) >= 11 is 0. The van der Waals surface area contributed by atoms with Crippen molar-refractivity contribution in [1.29, 1.82) is 0 Å². The van der Waals surface area contributed by atoms with Gasteiger partial charge >= 0.3 is 0 Å². The van der Waals surface area contributed by atoms with E-state index < -0.39 is 0 Å². The molecule has 6 heteroatoms. The van der Waals surface area contributed by atoms with Crippen LogP contribution in [-0.2, 0) is 4.74 Å². The van der Waals surface area contributed by atoms with Gasteiger partial charge in [-0.25, -0.2) is 10.8 Å². The number of nitrogens with two attached hydrogens (primary N) is 1. The van der Waals surface area contributed by atoms with Crippen LogP contribution in [0.1, 0.15) is 23.2 Å². The zero-order chi connectivity index (χ0) is 12.3. The minimum absolute atomic E-state index is 0.111. The summed E-state index contributed by atoms with van der Waals surface area (Å²) in [5, 5.41) is 2.92. The monoisotopic (exact) mass is 236 g/mol. The van der Waals surface area contributed by atoms with Crippen molar-refractivity contribution in [3.8, 4) is 0 Å². The van der Waals surface area contributed by atoms with E-state index in [1.165, 1.54) is 6.20 Å². The van der Waals surface area contributed by atoms with Gasteiger partial charge < -0.3 is 15.5 Å². The fourth-order valence-corrected chi connectivity index (χ4v) is 1.76. The van der Waals surface area contributed by atoms with Gasteiger partial charge in [0.15, 0.2) is 0 Å². The molecule has 1 aromatic rings. The van der Waals surface area contributed by atoms with Gasteiger partial charge in [0, 0.05) is 19.3 Å². The van der Waals surface area contributed by atoms with Crippen molar-refractivity contribution in [3.05, 3.63) is 23.9 Å². The molecule has 2 rings (SSSR count). The van der Waals surface area contributed by atoms with E-state index in [9.17, 15) is 4.79 Å². The highest BCUT2D eigenvalue weighted by Crippen LogP contribution is 2.22. The van der Waals surface area contributed by atoms with Gasteiger partial charge in [-0.15, -0.1) is 0 Å². The number of rotatable bonds is 4. The van der Waals surface area contributed by atoms with Gasteiger partial charge in [0.2, 0.25) is 0 Å². The van der Waals surface area contributed by atoms with Crippen LogP contribution in [0.4, 0.5) is 5.82 Å². The van der Waals surface area contributed by atoms with E-state index in [1.54, 1.807) is 19.2 Å². The van der Waals surface area contributed by atoms with Crippen molar-refractivity contribution < 1.29 is 9.53 Å². The van der Waals surface area contributed by atoms with E-state index in [0.717, 1.165) is 12.8 Å². The number of anilines is 1. The Kier molecular flexibility index (Phi) is 3.55. The Balaban J connectivity index is 1.87. The number of nitrogens with zero attached hydrogens (tertiary/aromatic N) is 1. The van der Waals surface area contributed by atoms with Crippen LogP contribution in [0.3, 0.4) is 0 Å². The van der Waals surface area contributed by atoms with Crippen molar-refractivity contribution in [3.63, 3.8) is 0 Å². The molecule has 0 atom stereocenters. The number of hydrogen-bond acceptors (Lipinski definition) is 5. The van der Waals surface area contributed by atoms with Gasteiger partial charge in [-0.3, -0.25) is 4.79 Å². The summed E-state index contributed by atoms with van der Waals surface area (Å²) in [4.78, 5) is 15.8. The third-order valence-corrected chi connectivity index (χ3v) is 2.94. The number of pyridine rings is 1. The number of amides is 1. The van der Waals surface area contributed by atoms with Crippen LogP contribution >= 0.6 is 0 Å². The SMILES string of the molecule is COC1CC(NC(=O)c2ccc(NN)nc2)C1. The Bertz CT molecular complexity index is 387. The lowest BCUT2D eigenvalue weighted by molar-refractivity contribution is 0.0176. The Morgan fingerprint density at radius 3 is 2.82 bits per heavy atom. The Morgan fingerprint density at radius 2 is 2.29 bits per heavy atom. The highest BCUT2D eigenvalue weighted by Gasteiger charge is 2.30. The molecule has 1 aliphatic rings. The van der Waals surface area contributed by atoms with Crippen LogP contribution in [0.15, 0.2) is 18.3 Å². The van der Waals surface area contributed by atoms with Crippen molar-refractivity contribution in [1.82, 2.24) is 10.3 Å².